The third-order valence-electron chi connectivity index (χ3n) is 2.59. The van der Waals surface area contributed by atoms with E-state index in [-0.39, 0.29) is 5.75 Å². The number of benzene rings is 1. The molecule has 2 N–H and O–H groups in total. The van der Waals surface area contributed by atoms with Crippen LogP contribution in [0.3, 0.4) is 0 Å². The monoisotopic (exact) mass is 279 g/mol. The summed E-state index contributed by atoms with van der Waals surface area (Å²) >= 11 is 5.96. The van der Waals surface area contributed by atoms with Crippen molar-refractivity contribution in [3.63, 3.8) is 0 Å². The molecular weight excluding hydrogens is 266 g/mol. The minimum atomic E-state index is 0.0959. The minimum absolute atomic E-state index is 0.0959. The van der Waals surface area contributed by atoms with Crippen LogP contribution in [-0.2, 0) is 13.1 Å². The molecule has 0 fully saturated rings. The molecule has 2 aromatic rings. The number of methoxy groups -OCH3 is 1. The van der Waals surface area contributed by atoms with E-state index in [0.29, 0.717) is 29.4 Å². The van der Waals surface area contributed by atoms with Gasteiger partial charge in [0.1, 0.15) is 0 Å². The summed E-state index contributed by atoms with van der Waals surface area (Å²) in [5.74, 6) is 0.461. The Bertz CT molecular complexity index is 549. The maximum atomic E-state index is 9.96. The Morgan fingerprint density at radius 3 is 2.89 bits per heavy atom. The second-order valence-corrected chi connectivity index (χ2v) is 4.37. The molecule has 0 aliphatic rings. The number of halogens is 1. The standard InChI is InChI=1S/C13H14ClN3O2/c1-19-12-6-10(14)5-9(13(12)18)7-15-8-11-3-2-4-16-17-11/h2-6,15,18H,7-8H2,1H3. The van der Waals surface area contributed by atoms with Gasteiger partial charge < -0.3 is 15.2 Å². The van der Waals surface area contributed by atoms with Crippen LogP contribution in [0.15, 0.2) is 30.5 Å². The highest BCUT2D eigenvalue weighted by Gasteiger charge is 2.09. The Morgan fingerprint density at radius 1 is 1.37 bits per heavy atom. The van der Waals surface area contributed by atoms with Crippen LogP contribution in [0.1, 0.15) is 11.3 Å². The van der Waals surface area contributed by atoms with Crippen molar-refractivity contribution in [2.45, 2.75) is 13.1 Å². The van der Waals surface area contributed by atoms with E-state index in [9.17, 15) is 5.11 Å². The van der Waals surface area contributed by atoms with Crippen molar-refractivity contribution < 1.29 is 9.84 Å². The number of nitrogens with zero attached hydrogens (tertiary/aromatic N) is 2. The van der Waals surface area contributed by atoms with Gasteiger partial charge in [0.15, 0.2) is 11.5 Å². The maximum Gasteiger partial charge on any atom is 0.162 e. The van der Waals surface area contributed by atoms with Crippen LogP contribution in [0.2, 0.25) is 5.02 Å². The molecule has 1 aromatic carbocycles. The van der Waals surface area contributed by atoms with Crippen LogP contribution in [0.25, 0.3) is 0 Å². The lowest BCUT2D eigenvalue weighted by atomic mass is 10.2. The third-order valence-corrected chi connectivity index (χ3v) is 2.81. The predicted octanol–water partition coefficient (Wildman–Crippen LogP) is 2.13. The Balaban J connectivity index is 2.02. The zero-order valence-corrected chi connectivity index (χ0v) is 11.2. The average molecular weight is 280 g/mol. The van der Waals surface area contributed by atoms with Crippen molar-refractivity contribution in [3.05, 3.63) is 46.7 Å². The Morgan fingerprint density at radius 2 is 2.21 bits per heavy atom. The lowest BCUT2D eigenvalue weighted by Crippen LogP contribution is -2.14. The average Bonchev–Trinajstić information content (AvgIpc) is 2.43. The number of ether oxygens (including phenoxy) is 1. The molecule has 1 aromatic heterocycles. The summed E-state index contributed by atoms with van der Waals surface area (Å²) in [5, 5.41) is 21.4. The lowest BCUT2D eigenvalue weighted by molar-refractivity contribution is 0.369. The van der Waals surface area contributed by atoms with Crippen LogP contribution in [-0.4, -0.2) is 22.4 Å². The van der Waals surface area contributed by atoms with E-state index >= 15 is 0 Å². The summed E-state index contributed by atoms with van der Waals surface area (Å²) in [5.41, 5.74) is 1.50. The molecule has 100 valence electrons. The Hall–Kier alpha value is -1.85. The molecule has 0 aliphatic heterocycles. The van der Waals surface area contributed by atoms with Crippen LogP contribution in [0.5, 0.6) is 11.5 Å². The third kappa shape index (κ3) is 3.56. The molecule has 0 aliphatic carbocycles. The van der Waals surface area contributed by atoms with Crippen LogP contribution < -0.4 is 10.1 Å². The van der Waals surface area contributed by atoms with Crippen molar-refractivity contribution in [1.82, 2.24) is 15.5 Å². The largest absolute Gasteiger partial charge is 0.504 e. The van der Waals surface area contributed by atoms with Crippen LogP contribution >= 0.6 is 11.6 Å². The van der Waals surface area contributed by atoms with Crippen molar-refractivity contribution in [2.75, 3.05) is 7.11 Å². The van der Waals surface area contributed by atoms with E-state index in [1.807, 2.05) is 12.1 Å². The fourth-order valence-corrected chi connectivity index (χ4v) is 1.90. The van der Waals surface area contributed by atoms with Crippen molar-refractivity contribution >= 4 is 11.6 Å². The molecule has 0 bridgehead atoms. The molecule has 0 saturated heterocycles. The highest BCUT2D eigenvalue weighted by Crippen LogP contribution is 2.33. The van der Waals surface area contributed by atoms with Gasteiger partial charge >= 0.3 is 0 Å². The Labute approximate surface area is 116 Å². The number of aromatic nitrogens is 2. The summed E-state index contributed by atoms with van der Waals surface area (Å²) in [7, 11) is 1.49. The number of phenolic OH excluding ortho intramolecular Hbond substituents is 1. The lowest BCUT2D eigenvalue weighted by Gasteiger charge is -2.10. The normalized spacial score (nSPS) is 10.4. The number of rotatable bonds is 5. The van der Waals surface area contributed by atoms with Crippen LogP contribution in [0, 0.1) is 0 Å². The summed E-state index contributed by atoms with van der Waals surface area (Å²) in [6, 6.07) is 6.97. The fraction of sp³-hybridized carbons (Fsp3) is 0.231. The topological polar surface area (TPSA) is 67.3 Å². The van der Waals surface area contributed by atoms with Crippen LogP contribution in [0.4, 0.5) is 0 Å². The molecule has 6 heteroatoms. The van der Waals surface area contributed by atoms with E-state index in [4.69, 9.17) is 16.3 Å². The highest BCUT2D eigenvalue weighted by atomic mass is 35.5. The van der Waals surface area contributed by atoms with Gasteiger partial charge in [0.25, 0.3) is 0 Å². The van der Waals surface area contributed by atoms with Crippen molar-refractivity contribution in [3.8, 4) is 11.5 Å². The van der Waals surface area contributed by atoms with Gasteiger partial charge in [-0.15, -0.1) is 0 Å². The van der Waals surface area contributed by atoms with E-state index < -0.39 is 0 Å². The molecule has 2 rings (SSSR count). The number of nitrogens with one attached hydrogen (secondary N) is 1. The number of phenols is 1. The van der Waals surface area contributed by atoms with Crippen molar-refractivity contribution in [2.24, 2.45) is 0 Å². The van der Waals surface area contributed by atoms with Gasteiger partial charge in [-0.2, -0.15) is 10.2 Å². The van der Waals surface area contributed by atoms with Gasteiger partial charge in [-0.1, -0.05) is 11.6 Å². The minimum Gasteiger partial charge on any atom is -0.504 e. The highest BCUT2D eigenvalue weighted by molar-refractivity contribution is 6.30. The zero-order chi connectivity index (χ0) is 13.7. The summed E-state index contributed by atoms with van der Waals surface area (Å²) in [4.78, 5) is 0. The summed E-state index contributed by atoms with van der Waals surface area (Å²) < 4.78 is 5.05. The summed E-state index contributed by atoms with van der Waals surface area (Å²) in [6.07, 6.45) is 1.62. The van der Waals surface area contributed by atoms with E-state index in [0.717, 1.165) is 5.69 Å². The van der Waals surface area contributed by atoms with Gasteiger partial charge in [0.05, 0.1) is 12.8 Å². The molecule has 0 saturated carbocycles. The molecule has 0 radical (unpaired) electrons. The van der Waals surface area contributed by atoms with Gasteiger partial charge in [0, 0.05) is 35.9 Å². The van der Waals surface area contributed by atoms with Gasteiger partial charge in [-0.05, 0) is 18.2 Å². The molecule has 0 atom stereocenters. The molecule has 19 heavy (non-hydrogen) atoms. The van der Waals surface area contributed by atoms with Gasteiger partial charge in [-0.3, -0.25) is 0 Å². The quantitative estimate of drug-likeness (QED) is 0.878. The first-order valence-corrected chi connectivity index (χ1v) is 6.11. The van der Waals surface area contributed by atoms with E-state index in [2.05, 4.69) is 15.5 Å². The Kier molecular flexibility index (Phi) is 4.54. The maximum absolute atomic E-state index is 9.96. The fourth-order valence-electron chi connectivity index (χ4n) is 1.67. The second kappa shape index (κ2) is 6.36. The molecule has 0 amide bonds. The zero-order valence-electron chi connectivity index (χ0n) is 10.4. The van der Waals surface area contributed by atoms with E-state index in [1.54, 1.807) is 18.3 Å². The molecule has 1 heterocycles. The number of aromatic hydroxyl groups is 1. The number of hydrogen-bond donors (Lipinski definition) is 2. The van der Waals surface area contributed by atoms with Crippen molar-refractivity contribution in [1.29, 1.82) is 0 Å². The second-order valence-electron chi connectivity index (χ2n) is 3.93. The molecule has 0 unspecified atom stereocenters. The first kappa shape index (κ1) is 13.6. The predicted molar refractivity (Wildman–Crippen MR) is 72.2 cm³/mol. The first-order valence-electron chi connectivity index (χ1n) is 5.73. The first-order chi connectivity index (χ1) is 9.20. The smallest absolute Gasteiger partial charge is 0.162 e. The number of hydrogen-bond acceptors (Lipinski definition) is 5. The SMILES string of the molecule is COc1cc(Cl)cc(CNCc2cccnn2)c1O. The molecular formula is C13H14ClN3O2. The molecule has 0 spiro atoms. The van der Waals surface area contributed by atoms with E-state index in [1.165, 1.54) is 7.11 Å². The molecule has 5 nitrogen and oxygen atoms in total. The van der Waals surface area contributed by atoms with Gasteiger partial charge in [0.2, 0.25) is 0 Å². The summed E-state index contributed by atoms with van der Waals surface area (Å²) in [6.45, 7) is 1.02. The van der Waals surface area contributed by atoms with Gasteiger partial charge in [-0.25, -0.2) is 0 Å².